The third-order valence-corrected chi connectivity index (χ3v) is 4.52. The van der Waals surface area contributed by atoms with Crippen LogP contribution in [-0.2, 0) is 11.3 Å². The monoisotopic (exact) mass is 341 g/mol. The van der Waals surface area contributed by atoms with Crippen molar-refractivity contribution in [2.45, 2.75) is 39.0 Å². The Morgan fingerprint density at radius 2 is 2.32 bits per heavy atom. The van der Waals surface area contributed by atoms with E-state index in [1.165, 1.54) is 6.20 Å². The molecule has 1 aliphatic rings. The van der Waals surface area contributed by atoms with Gasteiger partial charge in [-0.1, -0.05) is 5.16 Å². The van der Waals surface area contributed by atoms with Gasteiger partial charge in [-0.3, -0.25) is 4.79 Å². The van der Waals surface area contributed by atoms with E-state index in [9.17, 15) is 4.79 Å². The minimum atomic E-state index is -0.243. The molecule has 8 nitrogen and oxygen atoms in total. The Labute approximate surface area is 144 Å². The molecule has 2 atom stereocenters. The Morgan fingerprint density at radius 1 is 1.44 bits per heavy atom. The zero-order valence-corrected chi connectivity index (χ0v) is 14.1. The zero-order valence-electron chi connectivity index (χ0n) is 14.1. The van der Waals surface area contributed by atoms with Crippen molar-refractivity contribution < 1.29 is 14.1 Å². The molecule has 0 saturated carbocycles. The van der Waals surface area contributed by atoms with E-state index in [1.807, 2.05) is 17.7 Å². The van der Waals surface area contributed by atoms with E-state index in [4.69, 9.17) is 9.26 Å². The number of imidazole rings is 1. The predicted molar refractivity (Wildman–Crippen MR) is 89.0 cm³/mol. The topological polar surface area (TPSA) is 95.1 Å². The van der Waals surface area contributed by atoms with Gasteiger partial charge in [0, 0.05) is 31.7 Å². The van der Waals surface area contributed by atoms with Gasteiger partial charge in [-0.2, -0.15) is 0 Å². The molecular formula is C17H19N5O3. The summed E-state index contributed by atoms with van der Waals surface area (Å²) in [6.45, 7) is 5.27. The summed E-state index contributed by atoms with van der Waals surface area (Å²) in [7, 11) is 0. The van der Waals surface area contributed by atoms with Crippen LogP contribution in [0.5, 0.6) is 0 Å². The number of carbonyl (C=O) groups excluding carboxylic acids is 1. The van der Waals surface area contributed by atoms with Gasteiger partial charge in [0.2, 0.25) is 0 Å². The van der Waals surface area contributed by atoms with E-state index in [0.29, 0.717) is 23.6 Å². The molecule has 1 amide bonds. The summed E-state index contributed by atoms with van der Waals surface area (Å²) < 4.78 is 12.9. The molecule has 1 saturated heterocycles. The number of ether oxygens (including phenoxy) is 1. The molecule has 0 unspecified atom stereocenters. The van der Waals surface area contributed by atoms with Gasteiger partial charge in [0.1, 0.15) is 11.9 Å². The van der Waals surface area contributed by atoms with Crippen molar-refractivity contribution in [3.63, 3.8) is 0 Å². The number of nitrogens with one attached hydrogen (secondary N) is 1. The first-order chi connectivity index (χ1) is 12.2. The first-order valence-electron chi connectivity index (χ1n) is 8.33. The lowest BCUT2D eigenvalue weighted by atomic mass is 10.1. The fourth-order valence-corrected chi connectivity index (χ4v) is 3.16. The summed E-state index contributed by atoms with van der Waals surface area (Å²) in [5.74, 6) is 0.652. The van der Waals surface area contributed by atoms with E-state index in [-0.39, 0.29) is 18.1 Å². The first kappa shape index (κ1) is 15.8. The first-order valence-corrected chi connectivity index (χ1v) is 8.33. The van der Waals surface area contributed by atoms with E-state index in [2.05, 4.69) is 27.4 Å². The van der Waals surface area contributed by atoms with Crippen molar-refractivity contribution in [2.24, 2.45) is 0 Å². The number of hydrogen-bond donors (Lipinski definition) is 1. The molecule has 0 radical (unpaired) electrons. The summed E-state index contributed by atoms with van der Waals surface area (Å²) in [5.41, 5.74) is 1.62. The lowest BCUT2D eigenvalue weighted by Gasteiger charge is -2.20. The number of pyridine rings is 1. The van der Waals surface area contributed by atoms with Crippen LogP contribution in [0.2, 0.25) is 0 Å². The van der Waals surface area contributed by atoms with Crippen molar-refractivity contribution in [3.8, 4) is 0 Å². The molecular weight excluding hydrogens is 322 g/mol. The van der Waals surface area contributed by atoms with Gasteiger partial charge in [-0.05, 0) is 26.3 Å². The molecule has 4 heterocycles. The average molecular weight is 341 g/mol. The summed E-state index contributed by atoms with van der Waals surface area (Å²) in [6, 6.07) is 1.63. The predicted octanol–water partition coefficient (Wildman–Crippen LogP) is 2.01. The summed E-state index contributed by atoms with van der Waals surface area (Å²) in [6.07, 6.45) is 5.68. The van der Waals surface area contributed by atoms with Crippen molar-refractivity contribution in [1.82, 2.24) is 25.0 Å². The second kappa shape index (κ2) is 6.29. The normalized spacial score (nSPS) is 20.2. The molecule has 25 heavy (non-hydrogen) atoms. The molecule has 8 heteroatoms. The van der Waals surface area contributed by atoms with Crippen LogP contribution >= 0.6 is 0 Å². The fraction of sp³-hybridized carbons (Fsp3) is 0.412. The van der Waals surface area contributed by atoms with Crippen LogP contribution in [0.25, 0.3) is 11.1 Å². The highest BCUT2D eigenvalue weighted by molar-refractivity contribution is 5.97. The minimum absolute atomic E-state index is 0.125. The maximum Gasteiger partial charge on any atom is 0.257 e. The molecule has 1 aliphatic heterocycles. The highest BCUT2D eigenvalue weighted by atomic mass is 16.5. The largest absolute Gasteiger partial charge is 0.368 e. The molecule has 0 aromatic carbocycles. The van der Waals surface area contributed by atoms with Crippen LogP contribution in [0.15, 0.2) is 29.2 Å². The third kappa shape index (κ3) is 2.78. The van der Waals surface area contributed by atoms with Crippen LogP contribution in [0, 0.1) is 6.92 Å². The van der Waals surface area contributed by atoms with Crippen LogP contribution in [0.1, 0.15) is 41.3 Å². The molecule has 0 spiro atoms. The highest BCUT2D eigenvalue weighted by Crippen LogP contribution is 2.28. The SMILES string of the molecule is CCn1ccnc1[C@H]1OCC[C@@H]1NC(=O)c1cnc2onc(C)c2c1. The molecule has 1 N–H and O–H groups in total. The van der Waals surface area contributed by atoms with E-state index >= 15 is 0 Å². The smallest absolute Gasteiger partial charge is 0.257 e. The molecule has 0 aliphatic carbocycles. The number of amides is 1. The Bertz CT molecular complexity index is 916. The average Bonchev–Trinajstić information content (AvgIpc) is 3.34. The van der Waals surface area contributed by atoms with Crippen LogP contribution in [0.4, 0.5) is 0 Å². The maximum absolute atomic E-state index is 12.7. The van der Waals surface area contributed by atoms with Crippen molar-refractivity contribution in [1.29, 1.82) is 0 Å². The molecule has 3 aromatic heterocycles. The Balaban J connectivity index is 1.55. The number of nitrogens with zero attached hydrogens (tertiary/aromatic N) is 4. The third-order valence-electron chi connectivity index (χ3n) is 4.52. The standard InChI is InChI=1S/C17H19N5O3/c1-3-22-6-5-18-15(22)14-13(4-7-24-14)20-16(23)11-8-12-10(2)21-25-17(12)19-9-11/h5-6,8-9,13-14H,3-4,7H2,1-2H3,(H,20,23)/t13-,14-/m0/s1. The summed E-state index contributed by atoms with van der Waals surface area (Å²) >= 11 is 0. The molecule has 0 bridgehead atoms. The van der Waals surface area contributed by atoms with Gasteiger partial charge >= 0.3 is 0 Å². The van der Waals surface area contributed by atoms with E-state index < -0.39 is 0 Å². The molecule has 130 valence electrons. The number of aryl methyl sites for hydroxylation is 2. The lowest BCUT2D eigenvalue weighted by Crippen LogP contribution is -2.37. The Kier molecular flexibility index (Phi) is 3.96. The highest BCUT2D eigenvalue weighted by Gasteiger charge is 2.34. The van der Waals surface area contributed by atoms with Gasteiger partial charge in [0.15, 0.2) is 0 Å². The van der Waals surface area contributed by atoms with E-state index in [0.717, 1.165) is 24.2 Å². The second-order valence-corrected chi connectivity index (χ2v) is 6.08. The zero-order chi connectivity index (χ0) is 17.4. The molecule has 1 fully saturated rings. The number of hydrogen-bond acceptors (Lipinski definition) is 6. The maximum atomic E-state index is 12.7. The molecule has 4 rings (SSSR count). The van der Waals surface area contributed by atoms with Gasteiger partial charge in [0.25, 0.3) is 11.6 Å². The number of rotatable bonds is 4. The summed E-state index contributed by atoms with van der Waals surface area (Å²) in [5, 5.41) is 7.66. The molecule has 3 aromatic rings. The van der Waals surface area contributed by atoms with Crippen molar-refractivity contribution >= 4 is 17.0 Å². The van der Waals surface area contributed by atoms with Crippen molar-refractivity contribution in [3.05, 3.63) is 41.7 Å². The second-order valence-electron chi connectivity index (χ2n) is 6.08. The van der Waals surface area contributed by atoms with E-state index in [1.54, 1.807) is 12.3 Å². The van der Waals surface area contributed by atoms with Gasteiger partial charge in [-0.15, -0.1) is 0 Å². The van der Waals surface area contributed by atoms with Crippen LogP contribution in [0.3, 0.4) is 0 Å². The lowest BCUT2D eigenvalue weighted by molar-refractivity contribution is 0.0775. The van der Waals surface area contributed by atoms with Gasteiger partial charge < -0.3 is 19.1 Å². The minimum Gasteiger partial charge on any atom is -0.368 e. The van der Waals surface area contributed by atoms with Crippen molar-refractivity contribution in [2.75, 3.05) is 6.61 Å². The quantitative estimate of drug-likeness (QED) is 0.780. The van der Waals surface area contributed by atoms with Crippen LogP contribution in [-0.4, -0.2) is 38.2 Å². The summed E-state index contributed by atoms with van der Waals surface area (Å²) in [4.78, 5) is 21.2. The van der Waals surface area contributed by atoms with Gasteiger partial charge in [0.05, 0.1) is 22.7 Å². The Hall–Kier alpha value is -2.74. The number of aromatic nitrogens is 4. The Morgan fingerprint density at radius 3 is 3.16 bits per heavy atom. The van der Waals surface area contributed by atoms with Gasteiger partial charge in [-0.25, -0.2) is 9.97 Å². The van der Waals surface area contributed by atoms with Crippen LogP contribution < -0.4 is 5.32 Å². The number of carbonyl (C=O) groups is 1. The fourth-order valence-electron chi connectivity index (χ4n) is 3.16. The number of fused-ring (bicyclic) bond motifs is 1.